The molecule has 1 N–H and O–H groups in total. The van der Waals surface area contributed by atoms with E-state index in [-0.39, 0.29) is 23.7 Å². The third-order valence-electron chi connectivity index (χ3n) is 2.01. The predicted molar refractivity (Wildman–Crippen MR) is 54.4 cm³/mol. The lowest BCUT2D eigenvalue weighted by molar-refractivity contribution is -0.116. The van der Waals surface area contributed by atoms with Gasteiger partial charge < -0.3 is 9.84 Å². The quantitative estimate of drug-likeness (QED) is 0.758. The van der Waals surface area contributed by atoms with Crippen LogP contribution in [0.5, 0.6) is 11.5 Å². The second kappa shape index (κ2) is 4.59. The number of Topliss-reactive ketones (excluding diaryl/α,β-unsaturated/α-hetero) is 1. The second-order valence-corrected chi connectivity index (χ2v) is 3.22. The zero-order valence-corrected chi connectivity index (χ0v) is 8.61. The van der Waals surface area contributed by atoms with Gasteiger partial charge in [0.25, 0.3) is 0 Å². The van der Waals surface area contributed by atoms with Gasteiger partial charge in [0.2, 0.25) is 0 Å². The van der Waals surface area contributed by atoms with Crippen molar-refractivity contribution in [3.8, 4) is 11.5 Å². The van der Waals surface area contributed by atoms with Gasteiger partial charge in [-0.05, 0) is 24.6 Å². The van der Waals surface area contributed by atoms with E-state index < -0.39 is 0 Å². The van der Waals surface area contributed by atoms with E-state index in [2.05, 4.69) is 0 Å². The summed E-state index contributed by atoms with van der Waals surface area (Å²) in [6.45, 7) is 1.44. The van der Waals surface area contributed by atoms with E-state index in [4.69, 9.17) is 4.74 Å². The fraction of sp³-hybridized carbons (Fsp3) is 0.273. The summed E-state index contributed by atoms with van der Waals surface area (Å²) in [7, 11) is 1.41. The van der Waals surface area contributed by atoms with Gasteiger partial charge in [-0.25, -0.2) is 0 Å². The molecule has 0 saturated heterocycles. The van der Waals surface area contributed by atoms with Crippen molar-refractivity contribution in [2.45, 2.75) is 13.3 Å². The summed E-state index contributed by atoms with van der Waals surface area (Å²) in [5.74, 6) is 0.106. The number of phenols is 1. The molecule has 15 heavy (non-hydrogen) atoms. The van der Waals surface area contributed by atoms with E-state index in [0.29, 0.717) is 17.4 Å². The van der Waals surface area contributed by atoms with E-state index in [0.717, 1.165) is 0 Å². The standard InChI is InChI=1S/C11H12O4/c1-7(13)3-8-5-11(15-2)10(14)4-9(8)6-12/h4-6,14H,3H2,1-2H3. The van der Waals surface area contributed by atoms with Gasteiger partial charge in [-0.1, -0.05) is 0 Å². The van der Waals surface area contributed by atoms with E-state index >= 15 is 0 Å². The predicted octanol–water partition coefficient (Wildman–Crippen LogP) is 1.34. The van der Waals surface area contributed by atoms with E-state index in [1.807, 2.05) is 0 Å². The molecule has 0 aromatic heterocycles. The Balaban J connectivity index is 3.21. The molecule has 1 aromatic carbocycles. The van der Waals surface area contributed by atoms with Gasteiger partial charge in [-0.2, -0.15) is 0 Å². The van der Waals surface area contributed by atoms with Gasteiger partial charge in [-0.3, -0.25) is 9.59 Å². The molecule has 0 radical (unpaired) electrons. The van der Waals surface area contributed by atoms with Crippen LogP contribution in [0.15, 0.2) is 12.1 Å². The minimum absolute atomic E-state index is 0.0501. The topological polar surface area (TPSA) is 63.6 Å². The van der Waals surface area contributed by atoms with Crippen molar-refractivity contribution in [2.24, 2.45) is 0 Å². The van der Waals surface area contributed by atoms with Crippen LogP contribution in [-0.4, -0.2) is 24.3 Å². The number of methoxy groups -OCH3 is 1. The monoisotopic (exact) mass is 208 g/mol. The smallest absolute Gasteiger partial charge is 0.160 e. The number of carbonyl (C=O) groups excluding carboxylic acids is 2. The van der Waals surface area contributed by atoms with Gasteiger partial charge in [0, 0.05) is 12.0 Å². The molecule has 0 saturated carbocycles. The van der Waals surface area contributed by atoms with Crippen LogP contribution in [0, 0.1) is 0 Å². The lowest BCUT2D eigenvalue weighted by Crippen LogP contribution is -2.01. The summed E-state index contributed by atoms with van der Waals surface area (Å²) in [5.41, 5.74) is 0.871. The third kappa shape index (κ3) is 2.56. The third-order valence-corrected chi connectivity index (χ3v) is 2.01. The lowest BCUT2D eigenvalue weighted by Gasteiger charge is -2.08. The van der Waals surface area contributed by atoms with Crippen molar-refractivity contribution >= 4 is 12.1 Å². The van der Waals surface area contributed by atoms with Crippen molar-refractivity contribution in [1.29, 1.82) is 0 Å². The number of aromatic hydroxyl groups is 1. The first-order valence-corrected chi connectivity index (χ1v) is 4.43. The van der Waals surface area contributed by atoms with Crippen molar-refractivity contribution in [3.05, 3.63) is 23.3 Å². The molecule has 0 fully saturated rings. The SMILES string of the molecule is COc1cc(CC(C)=O)c(C=O)cc1O. The molecule has 0 spiro atoms. The van der Waals surface area contributed by atoms with E-state index in [1.165, 1.54) is 26.2 Å². The number of aldehydes is 1. The van der Waals surface area contributed by atoms with Crippen LogP contribution in [0.4, 0.5) is 0 Å². The van der Waals surface area contributed by atoms with Gasteiger partial charge in [-0.15, -0.1) is 0 Å². The highest BCUT2D eigenvalue weighted by Gasteiger charge is 2.10. The summed E-state index contributed by atoms with van der Waals surface area (Å²) >= 11 is 0. The van der Waals surface area contributed by atoms with Crippen LogP contribution in [0.2, 0.25) is 0 Å². The highest BCUT2D eigenvalue weighted by molar-refractivity contribution is 5.85. The molecule has 0 heterocycles. The maximum absolute atomic E-state index is 10.9. The minimum atomic E-state index is -0.105. The summed E-state index contributed by atoms with van der Waals surface area (Å²) in [6.07, 6.45) is 0.766. The number of ketones is 1. The fourth-order valence-corrected chi connectivity index (χ4v) is 1.32. The Morgan fingerprint density at radius 3 is 2.67 bits per heavy atom. The van der Waals surface area contributed by atoms with Crippen molar-refractivity contribution in [3.63, 3.8) is 0 Å². The molecule has 0 aliphatic carbocycles. The largest absolute Gasteiger partial charge is 0.504 e. The molecule has 1 rings (SSSR count). The normalized spacial score (nSPS) is 9.73. The fourth-order valence-electron chi connectivity index (χ4n) is 1.32. The number of benzene rings is 1. The zero-order valence-electron chi connectivity index (χ0n) is 8.61. The van der Waals surface area contributed by atoms with Crippen LogP contribution in [0.25, 0.3) is 0 Å². The van der Waals surface area contributed by atoms with Crippen LogP contribution < -0.4 is 4.74 Å². The Morgan fingerprint density at radius 2 is 2.20 bits per heavy atom. The highest BCUT2D eigenvalue weighted by Crippen LogP contribution is 2.29. The average molecular weight is 208 g/mol. The number of carbonyl (C=O) groups is 2. The summed E-state index contributed by atoms with van der Waals surface area (Å²) in [4.78, 5) is 21.6. The Labute approximate surface area is 87.5 Å². The number of rotatable bonds is 4. The molecule has 0 atom stereocenters. The Kier molecular flexibility index (Phi) is 3.44. The molecule has 80 valence electrons. The molecule has 0 bridgehead atoms. The maximum atomic E-state index is 10.9. The van der Waals surface area contributed by atoms with Crippen molar-refractivity contribution < 1.29 is 19.4 Å². The molecule has 0 unspecified atom stereocenters. The lowest BCUT2D eigenvalue weighted by atomic mass is 10.0. The van der Waals surface area contributed by atoms with Crippen LogP contribution in [0.1, 0.15) is 22.8 Å². The second-order valence-electron chi connectivity index (χ2n) is 3.22. The zero-order chi connectivity index (χ0) is 11.4. The number of ether oxygens (including phenoxy) is 1. The maximum Gasteiger partial charge on any atom is 0.160 e. The highest BCUT2D eigenvalue weighted by atomic mass is 16.5. The Morgan fingerprint density at radius 1 is 1.53 bits per heavy atom. The Bertz CT molecular complexity index is 396. The summed E-state index contributed by atoms with van der Waals surface area (Å²) < 4.78 is 4.89. The summed E-state index contributed by atoms with van der Waals surface area (Å²) in [6, 6.07) is 2.80. The molecule has 1 aromatic rings. The molecule has 0 amide bonds. The first kappa shape index (κ1) is 11.2. The van der Waals surface area contributed by atoms with Crippen LogP contribution >= 0.6 is 0 Å². The van der Waals surface area contributed by atoms with Gasteiger partial charge >= 0.3 is 0 Å². The van der Waals surface area contributed by atoms with Crippen molar-refractivity contribution in [2.75, 3.05) is 7.11 Å². The summed E-state index contributed by atoms with van der Waals surface area (Å²) in [5, 5.41) is 9.41. The minimum Gasteiger partial charge on any atom is -0.504 e. The first-order valence-electron chi connectivity index (χ1n) is 4.43. The van der Waals surface area contributed by atoms with Gasteiger partial charge in [0.15, 0.2) is 11.5 Å². The Hall–Kier alpha value is -1.84. The molecule has 4 nitrogen and oxygen atoms in total. The van der Waals surface area contributed by atoms with Crippen molar-refractivity contribution in [1.82, 2.24) is 0 Å². The average Bonchev–Trinajstić information content (AvgIpc) is 2.19. The number of phenolic OH excluding ortho intramolecular Hbond substituents is 1. The van der Waals surface area contributed by atoms with Crippen LogP contribution in [0.3, 0.4) is 0 Å². The molecule has 4 heteroatoms. The number of hydrogen-bond acceptors (Lipinski definition) is 4. The first-order chi connectivity index (χ1) is 7.08. The molecular weight excluding hydrogens is 196 g/mol. The van der Waals surface area contributed by atoms with E-state index in [9.17, 15) is 14.7 Å². The molecule has 0 aliphatic rings. The van der Waals surface area contributed by atoms with Crippen LogP contribution in [-0.2, 0) is 11.2 Å². The molecular formula is C11H12O4. The van der Waals surface area contributed by atoms with E-state index in [1.54, 1.807) is 0 Å². The molecule has 0 aliphatic heterocycles. The number of hydrogen-bond donors (Lipinski definition) is 1. The van der Waals surface area contributed by atoms with Gasteiger partial charge in [0.1, 0.15) is 12.1 Å². The van der Waals surface area contributed by atoms with Gasteiger partial charge in [0.05, 0.1) is 7.11 Å².